The molecule has 4 rings (SSSR count). The van der Waals surface area contributed by atoms with Gasteiger partial charge in [0.25, 0.3) is 0 Å². The number of hydrogen-bond acceptors (Lipinski definition) is 5. The van der Waals surface area contributed by atoms with Gasteiger partial charge in [0.15, 0.2) is 0 Å². The quantitative estimate of drug-likeness (QED) is 0.680. The Labute approximate surface area is 164 Å². The summed E-state index contributed by atoms with van der Waals surface area (Å²) in [4.78, 5) is 17.0. The molecule has 1 aromatic heterocycles. The van der Waals surface area contributed by atoms with Crippen molar-refractivity contribution in [1.82, 2.24) is 4.90 Å². The number of ether oxygens (including phenoxy) is 2. The van der Waals surface area contributed by atoms with Crippen LogP contribution in [0.1, 0.15) is 5.56 Å². The first-order chi connectivity index (χ1) is 13.7. The molecule has 0 atom stereocenters. The van der Waals surface area contributed by atoms with Gasteiger partial charge in [-0.25, -0.2) is 0 Å². The van der Waals surface area contributed by atoms with Crippen LogP contribution in [0.2, 0.25) is 0 Å². The van der Waals surface area contributed by atoms with Gasteiger partial charge in [-0.2, -0.15) is 0 Å². The van der Waals surface area contributed by atoms with E-state index in [1.54, 1.807) is 20.5 Å². The second-order valence-electron chi connectivity index (χ2n) is 6.84. The van der Waals surface area contributed by atoms with Crippen molar-refractivity contribution in [2.24, 2.45) is 0 Å². The van der Waals surface area contributed by atoms with Gasteiger partial charge < -0.3 is 23.7 Å². The van der Waals surface area contributed by atoms with Gasteiger partial charge in [-0.1, -0.05) is 12.1 Å². The molecular weight excluding hydrogens is 356 g/mol. The highest BCUT2D eigenvalue weighted by molar-refractivity contribution is 5.88. The molecule has 28 heavy (non-hydrogen) atoms. The van der Waals surface area contributed by atoms with Crippen LogP contribution in [-0.2, 0) is 11.2 Å². The number of methoxy groups -OCH3 is 2. The van der Waals surface area contributed by atoms with E-state index < -0.39 is 0 Å². The standard InChI is InChI=1S/C22H24N2O4/c1-26-17-7-8-18-16(15-28-21(18)14-17)13-22(25)24-11-9-23(10-12-24)19-5-3-4-6-20(19)27-2/h3-8,14-15H,9-13H2,1-2H3. The number of furan rings is 1. The summed E-state index contributed by atoms with van der Waals surface area (Å²) in [5.41, 5.74) is 2.73. The van der Waals surface area contributed by atoms with Crippen LogP contribution in [0.5, 0.6) is 11.5 Å². The summed E-state index contributed by atoms with van der Waals surface area (Å²) in [5.74, 6) is 1.73. The number of nitrogens with zero attached hydrogens (tertiary/aromatic N) is 2. The number of fused-ring (bicyclic) bond motifs is 1. The summed E-state index contributed by atoms with van der Waals surface area (Å²) < 4.78 is 16.3. The fraction of sp³-hybridized carbons (Fsp3) is 0.318. The smallest absolute Gasteiger partial charge is 0.227 e. The molecule has 1 saturated heterocycles. The van der Waals surface area contributed by atoms with Crippen LogP contribution in [0.25, 0.3) is 11.0 Å². The van der Waals surface area contributed by atoms with E-state index in [0.717, 1.165) is 46.8 Å². The average molecular weight is 380 g/mol. The van der Waals surface area contributed by atoms with E-state index >= 15 is 0 Å². The third-order valence-corrected chi connectivity index (χ3v) is 5.26. The van der Waals surface area contributed by atoms with Crippen molar-refractivity contribution < 1.29 is 18.7 Å². The number of anilines is 1. The second kappa shape index (κ2) is 7.84. The van der Waals surface area contributed by atoms with Gasteiger partial charge in [-0.05, 0) is 24.3 Å². The van der Waals surface area contributed by atoms with Gasteiger partial charge in [0, 0.05) is 43.2 Å². The van der Waals surface area contributed by atoms with Gasteiger partial charge in [-0.3, -0.25) is 4.79 Å². The maximum absolute atomic E-state index is 12.8. The van der Waals surface area contributed by atoms with E-state index in [9.17, 15) is 4.79 Å². The van der Waals surface area contributed by atoms with Crippen molar-refractivity contribution in [1.29, 1.82) is 0 Å². The average Bonchev–Trinajstić information content (AvgIpc) is 3.15. The third kappa shape index (κ3) is 3.50. The number of piperazine rings is 1. The molecule has 1 aliphatic heterocycles. The Bertz CT molecular complexity index is 974. The predicted octanol–water partition coefficient (Wildman–Crippen LogP) is 3.34. The van der Waals surface area contributed by atoms with Crippen LogP contribution < -0.4 is 14.4 Å². The summed E-state index contributed by atoms with van der Waals surface area (Å²) in [7, 11) is 3.31. The van der Waals surface area contributed by atoms with E-state index in [-0.39, 0.29) is 5.91 Å². The minimum Gasteiger partial charge on any atom is -0.497 e. The molecule has 0 N–H and O–H groups in total. The molecule has 2 heterocycles. The zero-order valence-corrected chi connectivity index (χ0v) is 16.2. The van der Waals surface area contributed by atoms with Crippen molar-refractivity contribution in [2.75, 3.05) is 45.3 Å². The minimum atomic E-state index is 0.123. The lowest BCUT2D eigenvalue weighted by Gasteiger charge is -2.36. The van der Waals surface area contributed by atoms with Crippen LogP contribution in [-0.4, -0.2) is 51.2 Å². The summed E-state index contributed by atoms with van der Waals surface area (Å²) in [6.45, 7) is 2.96. The number of carbonyl (C=O) groups is 1. The molecule has 3 aromatic rings. The van der Waals surface area contributed by atoms with E-state index in [2.05, 4.69) is 11.0 Å². The zero-order valence-electron chi connectivity index (χ0n) is 16.2. The van der Waals surface area contributed by atoms with Crippen molar-refractivity contribution in [3.05, 3.63) is 54.3 Å². The molecule has 0 radical (unpaired) electrons. The molecule has 146 valence electrons. The number of rotatable bonds is 5. The number of carbonyl (C=O) groups excluding carboxylic acids is 1. The summed E-state index contributed by atoms with van der Waals surface area (Å²) in [5, 5.41) is 0.960. The highest BCUT2D eigenvalue weighted by atomic mass is 16.5. The molecular formula is C22H24N2O4. The lowest BCUT2D eigenvalue weighted by atomic mass is 10.1. The normalized spacial score (nSPS) is 14.4. The molecule has 1 fully saturated rings. The fourth-order valence-electron chi connectivity index (χ4n) is 3.69. The van der Waals surface area contributed by atoms with Crippen molar-refractivity contribution in [3.8, 4) is 11.5 Å². The van der Waals surface area contributed by atoms with E-state index in [1.807, 2.05) is 41.3 Å². The lowest BCUT2D eigenvalue weighted by Crippen LogP contribution is -2.49. The molecule has 0 aliphatic carbocycles. The summed E-state index contributed by atoms with van der Waals surface area (Å²) in [6, 6.07) is 13.7. The molecule has 0 spiro atoms. The highest BCUT2D eigenvalue weighted by Crippen LogP contribution is 2.29. The summed E-state index contributed by atoms with van der Waals surface area (Å²) in [6.07, 6.45) is 2.01. The molecule has 1 amide bonds. The molecule has 0 saturated carbocycles. The van der Waals surface area contributed by atoms with Crippen LogP contribution in [0.4, 0.5) is 5.69 Å². The summed E-state index contributed by atoms with van der Waals surface area (Å²) >= 11 is 0. The Kier molecular flexibility index (Phi) is 5.10. The molecule has 0 bridgehead atoms. The first-order valence-corrected chi connectivity index (χ1v) is 9.39. The van der Waals surface area contributed by atoms with Gasteiger partial charge in [0.1, 0.15) is 17.1 Å². The Hall–Kier alpha value is -3.15. The van der Waals surface area contributed by atoms with Gasteiger partial charge in [-0.15, -0.1) is 0 Å². The SMILES string of the molecule is COc1ccc2c(CC(=O)N3CCN(c4ccccc4OC)CC3)coc2c1. The number of amides is 1. The maximum Gasteiger partial charge on any atom is 0.227 e. The van der Waals surface area contributed by atoms with E-state index in [0.29, 0.717) is 19.5 Å². The second-order valence-corrected chi connectivity index (χ2v) is 6.84. The molecule has 6 nitrogen and oxygen atoms in total. The highest BCUT2D eigenvalue weighted by Gasteiger charge is 2.23. The topological polar surface area (TPSA) is 55.2 Å². The van der Waals surface area contributed by atoms with Crippen LogP contribution >= 0.6 is 0 Å². The monoisotopic (exact) mass is 380 g/mol. The van der Waals surface area contributed by atoms with Crippen LogP contribution in [0, 0.1) is 0 Å². The number of para-hydroxylation sites is 2. The van der Waals surface area contributed by atoms with Gasteiger partial charge in [0.2, 0.25) is 5.91 Å². The Balaban J connectivity index is 1.41. The van der Waals surface area contributed by atoms with Gasteiger partial charge in [0.05, 0.1) is 32.6 Å². The Morgan fingerprint density at radius 1 is 1.04 bits per heavy atom. The third-order valence-electron chi connectivity index (χ3n) is 5.26. The number of hydrogen-bond donors (Lipinski definition) is 0. The van der Waals surface area contributed by atoms with Crippen molar-refractivity contribution >= 4 is 22.6 Å². The molecule has 0 unspecified atom stereocenters. The first kappa shape index (κ1) is 18.2. The van der Waals surface area contributed by atoms with Crippen LogP contribution in [0.15, 0.2) is 53.1 Å². The number of benzene rings is 2. The zero-order chi connectivity index (χ0) is 19.5. The largest absolute Gasteiger partial charge is 0.497 e. The van der Waals surface area contributed by atoms with Gasteiger partial charge >= 0.3 is 0 Å². The van der Waals surface area contributed by atoms with E-state index in [1.165, 1.54) is 0 Å². The lowest BCUT2D eigenvalue weighted by molar-refractivity contribution is -0.130. The predicted molar refractivity (Wildman–Crippen MR) is 108 cm³/mol. The molecule has 1 aliphatic rings. The van der Waals surface area contributed by atoms with E-state index in [4.69, 9.17) is 13.9 Å². The molecule has 6 heteroatoms. The Morgan fingerprint density at radius 3 is 2.57 bits per heavy atom. The van der Waals surface area contributed by atoms with Crippen LogP contribution in [0.3, 0.4) is 0 Å². The fourth-order valence-corrected chi connectivity index (χ4v) is 3.69. The maximum atomic E-state index is 12.8. The van der Waals surface area contributed by atoms with Crippen molar-refractivity contribution in [2.45, 2.75) is 6.42 Å². The minimum absolute atomic E-state index is 0.123. The first-order valence-electron chi connectivity index (χ1n) is 9.39. The van der Waals surface area contributed by atoms with Crippen molar-refractivity contribution in [3.63, 3.8) is 0 Å². The molecule has 2 aromatic carbocycles. The Morgan fingerprint density at radius 2 is 1.82 bits per heavy atom.